The van der Waals surface area contributed by atoms with Gasteiger partial charge >= 0.3 is 0 Å². The topological polar surface area (TPSA) is 40.5 Å². The second-order valence-electron chi connectivity index (χ2n) is 16.1. The minimum absolute atomic E-state index is 0.0103. The van der Waals surface area contributed by atoms with Crippen LogP contribution in [-0.2, 0) is 21.7 Å². The monoisotopic (exact) mass is 594 g/mol. The summed E-state index contributed by atoms with van der Waals surface area (Å²) in [5.41, 5.74) is 10.7. The normalized spacial score (nSPS) is 13.1. The third-order valence-electron chi connectivity index (χ3n) is 8.41. The summed E-state index contributed by atoms with van der Waals surface area (Å²) in [6.45, 7) is 27.0. The van der Waals surface area contributed by atoms with Gasteiger partial charge in [-0.3, -0.25) is 0 Å². The number of hydrogen-bond acceptors (Lipinski definition) is 2. The van der Waals surface area contributed by atoms with Crippen molar-refractivity contribution in [2.75, 3.05) is 0 Å². The van der Waals surface area contributed by atoms with Crippen molar-refractivity contribution in [1.29, 1.82) is 0 Å². The van der Waals surface area contributed by atoms with E-state index >= 15 is 0 Å². The van der Waals surface area contributed by atoms with Crippen LogP contribution < -0.4 is 5.30 Å². The molecule has 3 heteroatoms. The van der Waals surface area contributed by atoms with Crippen molar-refractivity contribution in [3.05, 3.63) is 101 Å². The molecule has 0 saturated heterocycles. The first kappa shape index (κ1) is 33.1. The van der Waals surface area contributed by atoms with Crippen molar-refractivity contribution < 1.29 is 9.79 Å². The Bertz CT molecular complexity index is 1600. The van der Waals surface area contributed by atoms with Gasteiger partial charge in [0.05, 0.1) is 0 Å². The van der Waals surface area contributed by atoms with Gasteiger partial charge in [-0.2, -0.15) is 0 Å². The zero-order valence-corrected chi connectivity index (χ0v) is 29.2. The molecule has 0 amide bonds. The predicted molar refractivity (Wildman–Crippen MR) is 189 cm³/mol. The van der Waals surface area contributed by atoms with Gasteiger partial charge in [0, 0.05) is 10.9 Å². The molecule has 228 valence electrons. The summed E-state index contributed by atoms with van der Waals surface area (Å²) >= 11 is 0. The predicted octanol–water partition coefficient (Wildman–Crippen LogP) is 10.8. The molecule has 4 aromatic carbocycles. The summed E-state index contributed by atoms with van der Waals surface area (Å²) in [5.74, 6) is 0. The Morgan fingerprint density at radius 2 is 0.860 bits per heavy atom. The highest BCUT2D eigenvalue weighted by atomic mass is 31.2. The van der Waals surface area contributed by atoms with Gasteiger partial charge in [-0.1, -0.05) is 162 Å². The van der Waals surface area contributed by atoms with Crippen molar-refractivity contribution in [2.45, 2.75) is 105 Å². The molecule has 2 nitrogen and oxygen atoms in total. The Labute approximate surface area is 262 Å². The maximum absolute atomic E-state index is 11.3. The van der Waals surface area contributed by atoms with E-state index in [2.05, 4.69) is 132 Å². The summed E-state index contributed by atoms with van der Waals surface area (Å²) in [7, 11) is -2.43. The van der Waals surface area contributed by atoms with Crippen LogP contribution in [0.2, 0.25) is 0 Å². The van der Waals surface area contributed by atoms with E-state index in [4.69, 9.17) is 0 Å². The van der Waals surface area contributed by atoms with Crippen molar-refractivity contribution in [3.63, 3.8) is 0 Å². The zero-order chi connectivity index (χ0) is 32.1. The van der Waals surface area contributed by atoms with E-state index in [0.717, 1.165) is 33.4 Å². The van der Waals surface area contributed by atoms with Crippen LogP contribution in [0.4, 0.5) is 0 Å². The second kappa shape index (κ2) is 11.6. The third-order valence-corrected chi connectivity index (χ3v) is 9.27. The van der Waals surface area contributed by atoms with Crippen LogP contribution in [-0.4, -0.2) is 9.79 Å². The van der Waals surface area contributed by atoms with Crippen LogP contribution in [0.1, 0.15) is 105 Å². The van der Waals surface area contributed by atoms with Crippen LogP contribution >= 0.6 is 8.38 Å². The average Bonchev–Trinajstić information content (AvgIpc) is 2.90. The molecule has 0 aliphatic heterocycles. The molecule has 0 fully saturated rings. The van der Waals surface area contributed by atoms with E-state index in [9.17, 15) is 9.79 Å². The highest BCUT2D eigenvalue weighted by Gasteiger charge is 2.31. The molecule has 0 aliphatic carbocycles. The van der Waals surface area contributed by atoms with Crippen LogP contribution in [0.25, 0.3) is 33.4 Å². The molecule has 0 aliphatic rings. The highest BCUT2D eigenvalue weighted by molar-refractivity contribution is 7.54. The van der Waals surface area contributed by atoms with E-state index in [-0.39, 0.29) is 21.7 Å². The average molecular weight is 595 g/mol. The lowest BCUT2D eigenvalue weighted by Gasteiger charge is -2.32. The lowest BCUT2D eigenvalue weighted by molar-refractivity contribution is 0.497. The Morgan fingerprint density at radius 3 is 1.30 bits per heavy atom. The number of hydrogen-bond donors (Lipinski definition) is 2. The molecule has 0 saturated carbocycles. The molecular weight excluding hydrogens is 543 g/mol. The van der Waals surface area contributed by atoms with Crippen molar-refractivity contribution >= 4 is 13.7 Å². The van der Waals surface area contributed by atoms with E-state index in [0.29, 0.717) is 5.30 Å². The van der Waals surface area contributed by atoms with Gasteiger partial charge < -0.3 is 9.79 Å². The maximum Gasteiger partial charge on any atom is 0.200 e. The number of benzene rings is 4. The van der Waals surface area contributed by atoms with Crippen LogP contribution in [0.15, 0.2) is 78.9 Å². The van der Waals surface area contributed by atoms with Crippen LogP contribution in [0.5, 0.6) is 0 Å². The Balaban J connectivity index is 2.23. The SMILES string of the molecule is CC(C)(C)c1ccc(-c2ccc(-c3ccccc3)c(P(O)O)c2-c2ccc(C(C)(C)C)cc2C(C)(C)C)c(C(C)(C)C)c1. The Hall–Kier alpha value is -2.77. The fourth-order valence-corrected chi connectivity index (χ4v) is 6.72. The van der Waals surface area contributed by atoms with Gasteiger partial charge in [-0.25, -0.2) is 0 Å². The molecule has 2 N–H and O–H groups in total. The van der Waals surface area contributed by atoms with Gasteiger partial charge in [0.15, 0.2) is 0 Å². The largest absolute Gasteiger partial charge is 0.347 e. The first-order valence-electron chi connectivity index (χ1n) is 15.4. The van der Waals surface area contributed by atoms with Gasteiger partial charge in [0.1, 0.15) is 0 Å². The molecule has 0 aromatic heterocycles. The lowest BCUT2D eigenvalue weighted by Crippen LogP contribution is -2.20. The summed E-state index contributed by atoms with van der Waals surface area (Å²) < 4.78 is 0. The van der Waals surface area contributed by atoms with E-state index < -0.39 is 8.38 Å². The molecule has 0 unspecified atom stereocenters. The maximum atomic E-state index is 11.3. The Morgan fingerprint density at radius 1 is 0.442 bits per heavy atom. The van der Waals surface area contributed by atoms with E-state index in [1.165, 1.54) is 22.3 Å². The molecule has 0 bridgehead atoms. The highest BCUT2D eigenvalue weighted by Crippen LogP contribution is 2.47. The number of rotatable bonds is 4. The lowest BCUT2D eigenvalue weighted by atomic mass is 9.74. The fraction of sp³-hybridized carbons (Fsp3) is 0.400. The molecule has 0 atom stereocenters. The summed E-state index contributed by atoms with van der Waals surface area (Å²) in [5, 5.41) is 0.604. The van der Waals surface area contributed by atoms with Crippen LogP contribution in [0.3, 0.4) is 0 Å². The smallest absolute Gasteiger partial charge is 0.200 e. The summed E-state index contributed by atoms with van der Waals surface area (Å²) in [4.78, 5) is 22.5. The first-order chi connectivity index (χ1) is 19.7. The minimum atomic E-state index is -2.43. The van der Waals surface area contributed by atoms with E-state index in [1.807, 2.05) is 30.3 Å². The van der Waals surface area contributed by atoms with Gasteiger partial charge in [0.2, 0.25) is 8.38 Å². The van der Waals surface area contributed by atoms with Gasteiger partial charge in [-0.15, -0.1) is 0 Å². The first-order valence-corrected chi connectivity index (χ1v) is 16.7. The molecular formula is C40H51O2P. The molecule has 0 spiro atoms. The quantitative estimate of drug-likeness (QED) is 0.231. The molecule has 4 aromatic rings. The minimum Gasteiger partial charge on any atom is -0.347 e. The molecule has 0 radical (unpaired) electrons. The zero-order valence-electron chi connectivity index (χ0n) is 28.3. The molecule has 43 heavy (non-hydrogen) atoms. The Kier molecular flexibility index (Phi) is 8.96. The summed E-state index contributed by atoms with van der Waals surface area (Å²) in [6.07, 6.45) is 0. The second-order valence-corrected chi connectivity index (χ2v) is 17.1. The van der Waals surface area contributed by atoms with Crippen molar-refractivity contribution in [2.24, 2.45) is 0 Å². The molecule has 4 rings (SSSR count). The standard InChI is InChI=1S/C40H51O2P/c1-37(2,3)27-18-20-30(33(24-27)39(7,8)9)31-23-22-29(26-16-14-13-15-17-26)36(43(41)42)35(31)32-21-19-28(38(4,5)6)25-34(32)40(10,11)12/h13-25,41-42H,1-12H3. The van der Waals surface area contributed by atoms with Gasteiger partial charge in [0.25, 0.3) is 0 Å². The van der Waals surface area contributed by atoms with Crippen molar-refractivity contribution in [3.8, 4) is 33.4 Å². The van der Waals surface area contributed by atoms with Crippen molar-refractivity contribution in [1.82, 2.24) is 0 Å². The third kappa shape index (κ3) is 6.99. The van der Waals surface area contributed by atoms with Gasteiger partial charge in [-0.05, 0) is 71.7 Å². The fourth-order valence-electron chi connectivity index (χ4n) is 5.86. The summed E-state index contributed by atoms with van der Waals surface area (Å²) in [6, 6.07) is 28.0. The molecule has 0 heterocycles. The van der Waals surface area contributed by atoms with E-state index in [1.54, 1.807) is 0 Å². The van der Waals surface area contributed by atoms with Crippen LogP contribution in [0, 0.1) is 0 Å².